The van der Waals surface area contributed by atoms with Crippen LogP contribution in [-0.4, -0.2) is 89.6 Å². The number of alkyl halides is 9. The molecule has 1 rings (SSSR count). The first-order chi connectivity index (χ1) is 14.7. The molecule has 0 bridgehead atoms. The van der Waals surface area contributed by atoms with Crippen LogP contribution < -0.4 is 18.9 Å². The molecule has 0 aromatic heterocycles. The van der Waals surface area contributed by atoms with Crippen molar-refractivity contribution in [1.29, 1.82) is 0 Å². The molecule has 1 aromatic carbocycles. The largest absolute Gasteiger partial charge is 1.00 e. The van der Waals surface area contributed by atoms with Gasteiger partial charge in [-0.25, -0.2) is 0 Å². The van der Waals surface area contributed by atoms with Crippen molar-refractivity contribution in [2.45, 2.75) is 18.5 Å². The molecule has 0 aliphatic carbocycles. The van der Waals surface area contributed by atoms with Gasteiger partial charge >= 0.3 is 66.7 Å². The fraction of sp³-hybridized carbons (Fsp3) is 0.333. The zero-order chi connectivity index (χ0) is 28.7. The van der Waals surface area contributed by atoms with Crippen molar-refractivity contribution in [2.75, 3.05) is 0 Å². The molecular formula is C9H14B4F9LiO12. The van der Waals surface area contributed by atoms with E-state index in [1.807, 2.05) is 0 Å². The molecule has 1 aromatic rings. The fourth-order valence-corrected chi connectivity index (χ4v) is 1.04. The van der Waals surface area contributed by atoms with Crippen molar-refractivity contribution in [3.8, 4) is 0 Å². The van der Waals surface area contributed by atoms with Gasteiger partial charge in [-0.1, -0.05) is 16.7 Å². The Kier molecular flexibility index (Phi) is 25.2. The third kappa shape index (κ3) is 37.7. The van der Waals surface area contributed by atoms with Crippen LogP contribution in [0.5, 0.6) is 0 Å². The molecular weight excluding hydrogens is 521 g/mol. The molecule has 0 amide bonds. The van der Waals surface area contributed by atoms with Gasteiger partial charge in [0, 0.05) is 0 Å². The van der Waals surface area contributed by atoms with Crippen LogP contribution >= 0.6 is 0 Å². The fourth-order valence-electron chi connectivity index (χ4n) is 1.04. The Labute approximate surface area is 202 Å². The van der Waals surface area contributed by atoms with Crippen LogP contribution in [0.25, 0.3) is 0 Å². The van der Waals surface area contributed by atoms with E-state index in [9.17, 15) is 39.5 Å². The summed E-state index contributed by atoms with van der Waals surface area (Å²) in [6, 6.07) is 0.0440. The van der Waals surface area contributed by atoms with Gasteiger partial charge in [0.15, 0.2) is 0 Å². The topological polar surface area (TPSA) is 243 Å². The third-order valence-corrected chi connectivity index (χ3v) is 1.81. The van der Waals surface area contributed by atoms with Crippen LogP contribution in [-0.2, 0) is 18.5 Å². The van der Waals surface area contributed by atoms with Gasteiger partial charge in [0.2, 0.25) is 0 Å². The number of rotatable bonds is 0. The first kappa shape index (κ1) is 44.0. The summed E-state index contributed by atoms with van der Waals surface area (Å²) in [5.41, 5.74) is -6.27. The number of hydrogen-bond acceptors (Lipinski definition) is 12. The summed E-state index contributed by atoms with van der Waals surface area (Å²) in [5.74, 6) is 0. The Morgan fingerprint density at radius 3 is 0.743 bits per heavy atom. The Hall–Kier alpha value is -1.03. The van der Waals surface area contributed by atoms with Gasteiger partial charge in [-0.2, -0.15) is 45.6 Å². The molecule has 35 heavy (non-hydrogen) atoms. The molecule has 198 valence electrons. The van der Waals surface area contributed by atoms with E-state index >= 15 is 0 Å². The first-order valence-electron chi connectivity index (χ1n) is 7.20. The summed E-state index contributed by atoms with van der Waals surface area (Å²) in [7, 11) is -8.67. The molecule has 0 aliphatic rings. The minimum absolute atomic E-state index is 0. The van der Waals surface area contributed by atoms with Crippen LogP contribution in [0.1, 0.15) is 16.7 Å². The predicted molar refractivity (Wildman–Crippen MR) is 89.9 cm³/mol. The van der Waals surface area contributed by atoms with Gasteiger partial charge in [-0.05, 0) is 0 Å². The van der Waals surface area contributed by atoms with E-state index in [1.54, 1.807) is 0 Å². The van der Waals surface area contributed by atoms with Crippen molar-refractivity contribution in [1.82, 2.24) is 0 Å². The average molecular weight is 535 g/mol. The molecule has 0 saturated carbocycles. The van der Waals surface area contributed by atoms with Crippen LogP contribution in [0.15, 0.2) is 12.1 Å². The summed E-state index contributed by atoms with van der Waals surface area (Å²) in [4.78, 5) is 0. The average Bonchev–Trinajstić information content (AvgIpc) is 2.49. The Morgan fingerprint density at radius 2 is 0.629 bits per heavy atom. The number of benzene rings is 1. The molecule has 12 nitrogen and oxygen atoms in total. The summed E-state index contributed by atoms with van der Waals surface area (Å²) >= 11 is 0. The van der Waals surface area contributed by atoms with E-state index in [-0.39, 0.29) is 18.9 Å². The first-order valence-corrected chi connectivity index (χ1v) is 7.20. The second-order valence-corrected chi connectivity index (χ2v) is 4.58. The quantitative estimate of drug-likeness (QED) is 0.0843. The standard InChI is InChI=1S/C9H2F9.4BH3O3.Li/c10-7(11,12)4-1-5(8(13,14)15)3-6(2-4)9(16,17)18;4*2-1(3)4;/h1-2H;4*2-4H;/q-1;;;;;+1. The Balaban J connectivity index is -0.000000145. The molecule has 0 saturated heterocycles. The van der Waals surface area contributed by atoms with Crippen molar-refractivity contribution in [3.05, 3.63) is 34.9 Å². The van der Waals surface area contributed by atoms with E-state index in [2.05, 4.69) is 0 Å². The minimum atomic E-state index is -5.35. The van der Waals surface area contributed by atoms with E-state index in [0.29, 0.717) is 0 Å². The normalized spacial score (nSPS) is 10.2. The Bertz CT molecular complexity index is 535. The molecule has 12 N–H and O–H groups in total. The summed E-state index contributed by atoms with van der Waals surface area (Å²) < 4.78 is 109. The smallest absolute Gasteiger partial charge is 0.402 e. The maximum atomic E-state index is 12.2. The van der Waals surface area contributed by atoms with Crippen LogP contribution in [0.3, 0.4) is 0 Å². The molecule has 0 radical (unpaired) electrons. The zero-order valence-electron chi connectivity index (χ0n) is 16.7. The van der Waals surface area contributed by atoms with Gasteiger partial charge in [0.1, 0.15) is 0 Å². The maximum Gasteiger partial charge on any atom is 1.00 e. The molecule has 0 atom stereocenters. The molecule has 0 fully saturated rings. The summed E-state index contributed by atoms with van der Waals surface area (Å²) in [6.07, 6.45) is -16.0. The molecule has 0 aliphatic heterocycles. The summed E-state index contributed by atoms with van der Waals surface area (Å²) in [6.45, 7) is 0. The van der Waals surface area contributed by atoms with Crippen molar-refractivity contribution in [3.63, 3.8) is 0 Å². The summed E-state index contributed by atoms with van der Waals surface area (Å²) in [5, 5.41) is 86.0. The van der Waals surface area contributed by atoms with Gasteiger partial charge < -0.3 is 60.3 Å². The SMILES string of the molecule is FC(F)(F)c1[c-]c(C(F)(F)F)cc(C(F)(F)F)c1.OB(O)O.OB(O)O.OB(O)O.OB(O)O.[Li+]. The van der Waals surface area contributed by atoms with Crippen LogP contribution in [0.4, 0.5) is 39.5 Å². The second kappa shape index (κ2) is 20.1. The van der Waals surface area contributed by atoms with Crippen molar-refractivity contribution >= 4 is 29.3 Å². The van der Waals surface area contributed by atoms with E-state index in [1.165, 1.54) is 0 Å². The molecule has 26 heteroatoms. The van der Waals surface area contributed by atoms with E-state index < -0.39 is 76.6 Å². The number of hydrogen-bond donors (Lipinski definition) is 12. The third-order valence-electron chi connectivity index (χ3n) is 1.81. The second-order valence-electron chi connectivity index (χ2n) is 4.58. The predicted octanol–water partition coefficient (Wildman–Crippen LogP) is -6.66. The van der Waals surface area contributed by atoms with E-state index in [4.69, 9.17) is 60.3 Å². The Morgan fingerprint density at radius 1 is 0.457 bits per heavy atom. The van der Waals surface area contributed by atoms with Gasteiger partial charge in [-0.3, -0.25) is 0 Å². The van der Waals surface area contributed by atoms with E-state index in [0.717, 1.165) is 6.07 Å². The molecule has 0 heterocycles. The number of halogens is 9. The van der Waals surface area contributed by atoms with Crippen molar-refractivity contribution in [2.24, 2.45) is 0 Å². The van der Waals surface area contributed by atoms with Crippen LogP contribution in [0.2, 0.25) is 0 Å². The van der Waals surface area contributed by atoms with Gasteiger partial charge in [0.25, 0.3) is 0 Å². The van der Waals surface area contributed by atoms with Gasteiger partial charge in [0.05, 0.1) is 0 Å². The monoisotopic (exact) mass is 536 g/mol. The van der Waals surface area contributed by atoms with Gasteiger partial charge in [-0.15, -0.1) is 12.1 Å². The van der Waals surface area contributed by atoms with Crippen LogP contribution in [0, 0.1) is 6.07 Å². The minimum Gasteiger partial charge on any atom is -0.402 e. The molecule has 0 spiro atoms. The van der Waals surface area contributed by atoms with Crippen molar-refractivity contribution < 1.29 is 119 Å². The zero-order valence-corrected chi connectivity index (χ0v) is 16.7. The molecule has 0 unspecified atom stereocenters. The maximum absolute atomic E-state index is 12.2.